The first-order valence-corrected chi connectivity index (χ1v) is 15.1. The van der Waals surface area contributed by atoms with E-state index in [9.17, 15) is 4.79 Å². The zero-order valence-corrected chi connectivity index (χ0v) is 24.0. The fourth-order valence-corrected chi connectivity index (χ4v) is 6.73. The summed E-state index contributed by atoms with van der Waals surface area (Å²) in [5, 5.41) is 1.28. The summed E-state index contributed by atoms with van der Waals surface area (Å²) in [7, 11) is 6.18. The van der Waals surface area contributed by atoms with Crippen LogP contribution >= 0.6 is 11.9 Å². The molecule has 1 aliphatic carbocycles. The van der Waals surface area contributed by atoms with Crippen molar-refractivity contribution in [2.75, 3.05) is 53.1 Å². The lowest BCUT2D eigenvalue weighted by Gasteiger charge is -2.25. The maximum absolute atomic E-state index is 13.2. The second kappa shape index (κ2) is 12.6. The van der Waals surface area contributed by atoms with Crippen molar-refractivity contribution >= 4 is 28.8 Å². The van der Waals surface area contributed by atoms with Crippen LogP contribution in [0, 0.1) is 0 Å². The molecule has 7 heteroatoms. The minimum atomic E-state index is -0.0136. The number of para-hydroxylation sites is 1. The van der Waals surface area contributed by atoms with Crippen LogP contribution in [-0.4, -0.2) is 73.4 Å². The van der Waals surface area contributed by atoms with E-state index in [1.807, 2.05) is 12.1 Å². The van der Waals surface area contributed by atoms with Crippen molar-refractivity contribution in [1.82, 2.24) is 19.1 Å². The van der Waals surface area contributed by atoms with Crippen molar-refractivity contribution in [1.29, 1.82) is 0 Å². The van der Waals surface area contributed by atoms with Gasteiger partial charge in [0.2, 0.25) is 0 Å². The third-order valence-electron chi connectivity index (χ3n) is 8.26. The molecule has 0 radical (unpaired) electrons. The molecule has 0 saturated heterocycles. The molecule has 2 aromatic carbocycles. The number of nitrogens with one attached hydrogen (secondary N) is 1. The van der Waals surface area contributed by atoms with Crippen LogP contribution in [0.3, 0.4) is 0 Å². The van der Waals surface area contributed by atoms with Gasteiger partial charge in [-0.15, -0.1) is 0 Å². The van der Waals surface area contributed by atoms with Gasteiger partial charge in [0.05, 0.1) is 12.8 Å². The lowest BCUT2D eigenvalue weighted by atomic mass is 9.81. The highest BCUT2D eigenvalue weighted by Crippen LogP contribution is 2.46. The highest BCUT2D eigenvalue weighted by atomic mass is 32.2. The van der Waals surface area contributed by atoms with E-state index >= 15 is 0 Å². The Morgan fingerprint density at radius 2 is 1.63 bits per heavy atom. The Kier molecular flexibility index (Phi) is 8.97. The number of aromatic nitrogens is 1. The molecule has 0 atom stereocenters. The van der Waals surface area contributed by atoms with E-state index < -0.39 is 0 Å². The fourth-order valence-electron chi connectivity index (χ4n) is 6.10. The Labute approximate surface area is 231 Å². The van der Waals surface area contributed by atoms with Crippen LogP contribution < -0.4 is 9.46 Å². The number of amides is 1. The van der Waals surface area contributed by atoms with Gasteiger partial charge in [-0.25, -0.2) is 0 Å². The van der Waals surface area contributed by atoms with Crippen LogP contribution in [-0.2, 0) is 6.54 Å². The molecule has 0 spiro atoms. The lowest BCUT2D eigenvalue weighted by molar-refractivity contribution is 0.0984. The number of nitrogens with zero attached hydrogens (tertiary/aromatic N) is 3. The summed E-state index contributed by atoms with van der Waals surface area (Å²) >= 11 is 1.52. The van der Waals surface area contributed by atoms with Crippen LogP contribution in [0.25, 0.3) is 22.2 Å². The Bertz CT molecular complexity index is 1250. The van der Waals surface area contributed by atoms with E-state index in [1.165, 1.54) is 60.7 Å². The molecule has 1 aromatic heterocycles. The number of carbonyl (C=O) groups excluding carboxylic acids is 1. The molecule has 38 heavy (non-hydrogen) atoms. The van der Waals surface area contributed by atoms with Crippen molar-refractivity contribution in [3.05, 3.63) is 53.6 Å². The van der Waals surface area contributed by atoms with E-state index in [0.717, 1.165) is 67.3 Å². The van der Waals surface area contributed by atoms with Gasteiger partial charge < -0.3 is 19.1 Å². The van der Waals surface area contributed by atoms with Gasteiger partial charge in [0, 0.05) is 54.0 Å². The molecule has 3 aromatic rings. The van der Waals surface area contributed by atoms with Gasteiger partial charge in [0.25, 0.3) is 5.91 Å². The Balaban J connectivity index is 1.68. The molecule has 5 rings (SSSR count). The number of hydrogen-bond donors (Lipinski definition) is 1. The maximum atomic E-state index is 13.2. The molecule has 1 fully saturated rings. The fraction of sp³-hybridized carbons (Fsp3) is 0.516. The molecule has 1 aliphatic heterocycles. The SMILES string of the molecule is COc1ccccc1-c1c(C2CCCCC2)c2ccc3cc2n1CCN(C)CCN(C)CCCSNC3=O. The molecule has 2 bridgehead atoms. The first kappa shape index (κ1) is 27.1. The van der Waals surface area contributed by atoms with Gasteiger partial charge >= 0.3 is 0 Å². The van der Waals surface area contributed by atoms with E-state index in [1.54, 1.807) is 7.11 Å². The maximum Gasteiger partial charge on any atom is 0.261 e. The highest BCUT2D eigenvalue weighted by molar-refractivity contribution is 7.97. The summed E-state index contributed by atoms with van der Waals surface area (Å²) < 4.78 is 11.5. The number of carbonyl (C=O) groups is 1. The topological polar surface area (TPSA) is 49.7 Å². The third kappa shape index (κ3) is 5.90. The number of hydrogen-bond acceptors (Lipinski definition) is 5. The Hall–Kier alpha value is -2.48. The third-order valence-corrected chi connectivity index (χ3v) is 9.08. The molecule has 6 nitrogen and oxygen atoms in total. The number of fused-ring (bicyclic) bond motifs is 1. The Morgan fingerprint density at radius 1 is 0.895 bits per heavy atom. The van der Waals surface area contributed by atoms with Crippen molar-refractivity contribution in [3.63, 3.8) is 0 Å². The number of rotatable bonds is 3. The standard InChI is InChI=1S/C31H42N4O2S/c1-33-16-9-21-38-32-31(36)24-14-15-25-27(22-24)35(20-19-34(2)18-17-33)30(26-12-7-8-13-28(26)37-3)29(25)23-10-5-4-6-11-23/h7-8,12-15,22-23H,4-6,9-11,16-21H2,1-3H3,(H,32,36). The van der Waals surface area contributed by atoms with Crippen LogP contribution in [0.5, 0.6) is 5.75 Å². The smallest absolute Gasteiger partial charge is 0.261 e. The molecule has 1 saturated carbocycles. The van der Waals surface area contributed by atoms with Crippen molar-refractivity contribution in [2.24, 2.45) is 0 Å². The predicted octanol–water partition coefficient (Wildman–Crippen LogP) is 6.01. The van der Waals surface area contributed by atoms with Gasteiger partial charge in [0.15, 0.2) is 0 Å². The van der Waals surface area contributed by atoms with Crippen LogP contribution in [0.15, 0.2) is 42.5 Å². The molecular weight excluding hydrogens is 492 g/mol. The minimum absolute atomic E-state index is 0.0136. The molecular formula is C31H42N4O2S. The summed E-state index contributed by atoms with van der Waals surface area (Å²) in [5.41, 5.74) is 5.73. The minimum Gasteiger partial charge on any atom is -0.496 e. The summed E-state index contributed by atoms with van der Waals surface area (Å²) in [6.07, 6.45) is 7.35. The van der Waals surface area contributed by atoms with E-state index in [0.29, 0.717) is 5.92 Å². The van der Waals surface area contributed by atoms with E-state index in [4.69, 9.17) is 4.74 Å². The summed E-state index contributed by atoms with van der Waals surface area (Å²) in [6.45, 7) is 4.90. The van der Waals surface area contributed by atoms with Crippen LogP contribution in [0.2, 0.25) is 0 Å². The monoisotopic (exact) mass is 534 g/mol. The van der Waals surface area contributed by atoms with E-state index in [2.05, 4.69) is 63.5 Å². The average Bonchev–Trinajstić information content (AvgIpc) is 3.27. The zero-order valence-electron chi connectivity index (χ0n) is 23.2. The predicted molar refractivity (Wildman–Crippen MR) is 159 cm³/mol. The summed E-state index contributed by atoms with van der Waals surface area (Å²) in [6, 6.07) is 14.8. The van der Waals surface area contributed by atoms with Crippen molar-refractivity contribution < 1.29 is 9.53 Å². The second-order valence-electron chi connectivity index (χ2n) is 10.9. The lowest BCUT2D eigenvalue weighted by Crippen LogP contribution is -2.33. The molecule has 2 aliphatic rings. The number of ether oxygens (including phenoxy) is 1. The van der Waals surface area contributed by atoms with Gasteiger partial charge in [-0.1, -0.05) is 49.4 Å². The number of methoxy groups -OCH3 is 1. The molecule has 0 unspecified atom stereocenters. The van der Waals surface area contributed by atoms with E-state index in [-0.39, 0.29) is 5.91 Å². The van der Waals surface area contributed by atoms with Gasteiger partial charge in [-0.2, -0.15) is 0 Å². The van der Waals surface area contributed by atoms with Crippen LogP contribution in [0.1, 0.15) is 60.4 Å². The second-order valence-corrected chi connectivity index (χ2v) is 11.8. The van der Waals surface area contributed by atoms with Crippen molar-refractivity contribution in [3.8, 4) is 17.0 Å². The molecule has 204 valence electrons. The van der Waals surface area contributed by atoms with Crippen molar-refractivity contribution in [2.45, 2.75) is 51.0 Å². The average molecular weight is 535 g/mol. The summed E-state index contributed by atoms with van der Waals surface area (Å²) in [5.74, 6) is 2.32. The highest BCUT2D eigenvalue weighted by Gasteiger charge is 2.28. The van der Waals surface area contributed by atoms with Gasteiger partial charge in [0.1, 0.15) is 5.75 Å². The van der Waals surface area contributed by atoms with Gasteiger partial charge in [-0.3, -0.25) is 9.52 Å². The quantitative estimate of drug-likeness (QED) is 0.417. The zero-order chi connectivity index (χ0) is 26.5. The number of likely N-dealkylation sites (N-methyl/N-ethyl adjacent to an activating group) is 2. The molecule has 2 heterocycles. The Morgan fingerprint density at radius 3 is 2.42 bits per heavy atom. The van der Waals surface area contributed by atoms with Gasteiger partial charge in [-0.05, 0) is 75.6 Å². The van der Waals surface area contributed by atoms with Crippen LogP contribution in [0.4, 0.5) is 0 Å². The molecule has 1 N–H and O–H groups in total. The molecule has 1 amide bonds. The summed E-state index contributed by atoms with van der Waals surface area (Å²) in [4.78, 5) is 18.0. The first-order chi connectivity index (χ1) is 18.6. The largest absolute Gasteiger partial charge is 0.496 e. The first-order valence-electron chi connectivity index (χ1n) is 14.2. The normalized spacial score (nSPS) is 19.6. The number of benzene rings is 2.